The molecule has 7 nitrogen and oxygen atoms in total. The number of morpholine rings is 1. The van der Waals surface area contributed by atoms with Crippen molar-refractivity contribution in [1.29, 1.82) is 5.26 Å². The van der Waals surface area contributed by atoms with Crippen LogP contribution in [0.5, 0.6) is 0 Å². The molecule has 3 N–H and O–H groups in total. The van der Waals surface area contributed by atoms with Gasteiger partial charge in [0, 0.05) is 41.7 Å². The van der Waals surface area contributed by atoms with E-state index in [1.807, 2.05) is 24.3 Å². The van der Waals surface area contributed by atoms with Crippen molar-refractivity contribution in [3.05, 3.63) is 66.4 Å². The van der Waals surface area contributed by atoms with Gasteiger partial charge < -0.3 is 20.7 Å². The lowest BCUT2D eigenvalue weighted by atomic mass is 10.00. The quantitative estimate of drug-likeness (QED) is 0.623. The number of pyridine rings is 1. The third kappa shape index (κ3) is 4.65. The molecule has 1 amide bonds. The van der Waals surface area contributed by atoms with E-state index >= 15 is 0 Å². The predicted molar refractivity (Wildman–Crippen MR) is 120 cm³/mol. The normalized spacial score (nSPS) is 13.5. The molecule has 2 heterocycles. The molecule has 0 saturated carbocycles. The zero-order valence-corrected chi connectivity index (χ0v) is 17.0. The number of aromatic nitrogens is 1. The van der Waals surface area contributed by atoms with E-state index in [1.165, 1.54) is 5.69 Å². The molecule has 0 bridgehead atoms. The first kappa shape index (κ1) is 20.4. The van der Waals surface area contributed by atoms with Gasteiger partial charge >= 0.3 is 0 Å². The highest BCUT2D eigenvalue weighted by atomic mass is 16.5. The molecule has 156 valence electrons. The number of hydrogen-bond acceptors (Lipinski definition) is 6. The molecule has 0 unspecified atom stereocenters. The molecule has 1 aromatic heterocycles. The van der Waals surface area contributed by atoms with Crippen LogP contribution in [0.3, 0.4) is 0 Å². The maximum atomic E-state index is 12.0. The SMILES string of the molecule is N#CCNC(=O)c1ccc(-c2cc(-c3ccc(N4CCOCC4)cc3)cnc2N)cc1. The van der Waals surface area contributed by atoms with Gasteiger partial charge in [0.25, 0.3) is 5.91 Å². The summed E-state index contributed by atoms with van der Waals surface area (Å²) in [6, 6.07) is 19.4. The smallest absolute Gasteiger partial charge is 0.252 e. The second-order valence-electron chi connectivity index (χ2n) is 7.22. The van der Waals surface area contributed by atoms with Crippen molar-refractivity contribution in [1.82, 2.24) is 10.3 Å². The minimum atomic E-state index is -0.284. The van der Waals surface area contributed by atoms with Crippen LogP contribution in [0.25, 0.3) is 22.3 Å². The molecular formula is C24H23N5O2. The number of ether oxygens (including phenoxy) is 1. The summed E-state index contributed by atoms with van der Waals surface area (Å²) < 4.78 is 5.42. The van der Waals surface area contributed by atoms with Gasteiger partial charge in [-0.2, -0.15) is 5.26 Å². The number of benzene rings is 2. The molecular weight excluding hydrogens is 390 g/mol. The monoisotopic (exact) mass is 413 g/mol. The van der Waals surface area contributed by atoms with Gasteiger partial charge in [0.15, 0.2) is 0 Å². The minimum absolute atomic E-state index is 0.0240. The van der Waals surface area contributed by atoms with Crippen molar-refractivity contribution in [2.45, 2.75) is 0 Å². The lowest BCUT2D eigenvalue weighted by Gasteiger charge is -2.28. The Kier molecular flexibility index (Phi) is 6.11. The average molecular weight is 413 g/mol. The number of nitrogens with one attached hydrogen (secondary N) is 1. The standard InChI is InChI=1S/C24H23N5O2/c25-9-10-27-24(30)19-3-1-18(2-4-19)22-15-20(16-28-23(22)26)17-5-7-21(8-6-17)29-11-13-31-14-12-29/h1-8,15-16H,10-14H2,(H2,26,28)(H,27,30). The fourth-order valence-corrected chi connectivity index (χ4v) is 3.57. The number of carbonyl (C=O) groups is 1. The third-order valence-corrected chi connectivity index (χ3v) is 5.28. The number of nitrogens with two attached hydrogens (primary N) is 1. The van der Waals surface area contributed by atoms with Crippen molar-refractivity contribution in [3.8, 4) is 28.3 Å². The van der Waals surface area contributed by atoms with Gasteiger partial charge in [-0.25, -0.2) is 4.98 Å². The number of nitriles is 1. The maximum absolute atomic E-state index is 12.0. The third-order valence-electron chi connectivity index (χ3n) is 5.28. The average Bonchev–Trinajstić information content (AvgIpc) is 2.84. The lowest BCUT2D eigenvalue weighted by molar-refractivity contribution is 0.0958. The summed E-state index contributed by atoms with van der Waals surface area (Å²) in [6.07, 6.45) is 1.77. The Balaban J connectivity index is 1.56. The molecule has 1 fully saturated rings. The second kappa shape index (κ2) is 9.28. The topological polar surface area (TPSA) is 104 Å². The van der Waals surface area contributed by atoms with Crippen LogP contribution in [0.15, 0.2) is 60.8 Å². The van der Waals surface area contributed by atoms with E-state index in [-0.39, 0.29) is 12.5 Å². The van der Waals surface area contributed by atoms with Crippen molar-refractivity contribution in [2.24, 2.45) is 0 Å². The van der Waals surface area contributed by atoms with Gasteiger partial charge in [0.1, 0.15) is 12.4 Å². The number of amides is 1. The summed E-state index contributed by atoms with van der Waals surface area (Å²) in [5.74, 6) is 0.142. The van der Waals surface area contributed by atoms with Crippen LogP contribution < -0.4 is 16.0 Å². The molecule has 7 heteroatoms. The van der Waals surface area contributed by atoms with Crippen molar-refractivity contribution < 1.29 is 9.53 Å². The molecule has 0 aliphatic carbocycles. The summed E-state index contributed by atoms with van der Waals surface area (Å²) >= 11 is 0. The molecule has 3 aromatic rings. The second-order valence-corrected chi connectivity index (χ2v) is 7.22. The van der Waals surface area contributed by atoms with Gasteiger partial charge in [-0.05, 0) is 41.5 Å². The predicted octanol–water partition coefficient (Wildman–Crippen LogP) is 3.09. The fraction of sp³-hybridized carbons (Fsp3) is 0.208. The summed E-state index contributed by atoms with van der Waals surface area (Å²) in [5, 5.41) is 11.1. The highest BCUT2D eigenvalue weighted by Gasteiger charge is 2.12. The summed E-state index contributed by atoms with van der Waals surface area (Å²) in [5.41, 5.74) is 11.5. The van der Waals surface area contributed by atoms with Crippen LogP contribution in [-0.4, -0.2) is 43.7 Å². The number of nitrogen functional groups attached to an aromatic ring is 1. The van der Waals surface area contributed by atoms with E-state index in [9.17, 15) is 4.79 Å². The van der Waals surface area contributed by atoms with E-state index in [2.05, 4.69) is 39.5 Å². The van der Waals surface area contributed by atoms with Gasteiger partial charge in [0.2, 0.25) is 0 Å². The van der Waals surface area contributed by atoms with Crippen LogP contribution in [0.4, 0.5) is 11.5 Å². The maximum Gasteiger partial charge on any atom is 0.252 e. The minimum Gasteiger partial charge on any atom is -0.383 e. The lowest BCUT2D eigenvalue weighted by Crippen LogP contribution is -2.36. The Bertz CT molecular complexity index is 1100. The Morgan fingerprint density at radius 3 is 2.42 bits per heavy atom. The van der Waals surface area contributed by atoms with E-state index in [4.69, 9.17) is 15.7 Å². The zero-order chi connectivity index (χ0) is 21.6. The molecule has 2 aromatic carbocycles. The number of rotatable bonds is 5. The van der Waals surface area contributed by atoms with Crippen LogP contribution in [-0.2, 0) is 4.74 Å². The highest BCUT2D eigenvalue weighted by Crippen LogP contribution is 2.31. The first-order valence-corrected chi connectivity index (χ1v) is 10.1. The van der Waals surface area contributed by atoms with Crippen molar-refractivity contribution >= 4 is 17.4 Å². The largest absolute Gasteiger partial charge is 0.383 e. The Morgan fingerprint density at radius 1 is 1.06 bits per heavy atom. The molecule has 0 radical (unpaired) electrons. The van der Waals surface area contributed by atoms with Gasteiger partial charge in [-0.15, -0.1) is 0 Å². The zero-order valence-electron chi connectivity index (χ0n) is 17.0. The van der Waals surface area contributed by atoms with Crippen LogP contribution in [0, 0.1) is 11.3 Å². The Labute approximate surface area is 181 Å². The summed E-state index contributed by atoms with van der Waals surface area (Å²) in [7, 11) is 0. The van der Waals surface area contributed by atoms with E-state index < -0.39 is 0 Å². The van der Waals surface area contributed by atoms with E-state index in [0.29, 0.717) is 11.4 Å². The molecule has 4 rings (SSSR count). The van der Waals surface area contributed by atoms with Crippen molar-refractivity contribution in [2.75, 3.05) is 43.5 Å². The molecule has 31 heavy (non-hydrogen) atoms. The van der Waals surface area contributed by atoms with Crippen molar-refractivity contribution in [3.63, 3.8) is 0 Å². The number of carbonyl (C=O) groups excluding carboxylic acids is 1. The first-order valence-electron chi connectivity index (χ1n) is 10.1. The van der Waals surface area contributed by atoms with Gasteiger partial charge in [0.05, 0.1) is 19.3 Å². The molecule has 0 spiro atoms. The fourth-order valence-electron chi connectivity index (χ4n) is 3.57. The Hall–Kier alpha value is -3.89. The first-order chi connectivity index (χ1) is 15.2. The molecule has 1 aliphatic rings. The van der Waals surface area contributed by atoms with Crippen LogP contribution in [0.1, 0.15) is 10.4 Å². The molecule has 1 saturated heterocycles. The Morgan fingerprint density at radius 2 is 1.74 bits per heavy atom. The molecule has 0 atom stereocenters. The molecule has 1 aliphatic heterocycles. The summed E-state index contributed by atoms with van der Waals surface area (Å²) in [6.45, 7) is 3.29. The number of hydrogen-bond donors (Lipinski definition) is 2. The number of nitrogens with zero attached hydrogens (tertiary/aromatic N) is 3. The van der Waals surface area contributed by atoms with E-state index in [0.717, 1.165) is 48.6 Å². The van der Waals surface area contributed by atoms with E-state index in [1.54, 1.807) is 18.3 Å². The van der Waals surface area contributed by atoms with Crippen LogP contribution in [0.2, 0.25) is 0 Å². The number of anilines is 2. The summed E-state index contributed by atoms with van der Waals surface area (Å²) in [4.78, 5) is 18.7. The highest BCUT2D eigenvalue weighted by molar-refractivity contribution is 5.95. The van der Waals surface area contributed by atoms with Gasteiger partial charge in [-0.3, -0.25) is 4.79 Å². The van der Waals surface area contributed by atoms with Crippen LogP contribution >= 0.6 is 0 Å². The van der Waals surface area contributed by atoms with Gasteiger partial charge in [-0.1, -0.05) is 24.3 Å².